The lowest BCUT2D eigenvalue weighted by Gasteiger charge is -2.36. The molecule has 2 saturated heterocycles. The Hall–Kier alpha value is -3.29. The van der Waals surface area contributed by atoms with E-state index in [0.717, 1.165) is 53.8 Å². The highest BCUT2D eigenvalue weighted by Gasteiger charge is 2.24. The molecule has 2 aliphatic heterocycles. The van der Waals surface area contributed by atoms with Gasteiger partial charge in [-0.25, -0.2) is 0 Å². The average Bonchev–Trinajstić information content (AvgIpc) is 2.96. The smallest absolute Gasteiger partial charge is 0.290 e. The number of piperazine rings is 1. The zero-order valence-electron chi connectivity index (χ0n) is 21.7. The van der Waals surface area contributed by atoms with Gasteiger partial charge in [-0.2, -0.15) is 0 Å². The van der Waals surface area contributed by atoms with Crippen LogP contribution >= 0.6 is 11.6 Å². The van der Waals surface area contributed by atoms with Crippen molar-refractivity contribution in [2.24, 2.45) is 0 Å². The van der Waals surface area contributed by atoms with Gasteiger partial charge in [0.1, 0.15) is 5.75 Å². The summed E-state index contributed by atoms with van der Waals surface area (Å²) in [6, 6.07) is 20.1. The van der Waals surface area contributed by atoms with Gasteiger partial charge in [-0.15, -0.1) is 0 Å². The first-order chi connectivity index (χ1) is 18.6. The number of anilines is 1. The number of carbonyl (C=O) groups is 2. The second kappa shape index (κ2) is 14.0. The van der Waals surface area contributed by atoms with E-state index >= 15 is 0 Å². The van der Waals surface area contributed by atoms with Gasteiger partial charge in [0.25, 0.3) is 12.4 Å². The molecule has 1 N–H and O–H groups in total. The number of amides is 1. The molecule has 7 nitrogen and oxygen atoms in total. The van der Waals surface area contributed by atoms with Gasteiger partial charge in [-0.1, -0.05) is 54.4 Å². The minimum atomic E-state index is -0.250. The van der Waals surface area contributed by atoms with Crippen molar-refractivity contribution >= 4 is 40.4 Å². The second-order valence-corrected chi connectivity index (χ2v) is 10.0. The van der Waals surface area contributed by atoms with E-state index in [1.807, 2.05) is 47.4 Å². The zero-order valence-corrected chi connectivity index (χ0v) is 22.5. The number of ether oxygens (including phenoxy) is 1. The van der Waals surface area contributed by atoms with Crippen LogP contribution in [0.2, 0.25) is 5.02 Å². The van der Waals surface area contributed by atoms with E-state index in [1.54, 1.807) is 0 Å². The maximum Gasteiger partial charge on any atom is 0.290 e. The summed E-state index contributed by atoms with van der Waals surface area (Å²) in [6.45, 7) is 6.91. The Morgan fingerprint density at radius 2 is 1.63 bits per heavy atom. The minimum Gasteiger partial charge on any atom is -0.492 e. The summed E-state index contributed by atoms with van der Waals surface area (Å²) in [6.07, 6.45) is 5.02. The van der Waals surface area contributed by atoms with Crippen molar-refractivity contribution in [3.05, 3.63) is 71.2 Å². The largest absolute Gasteiger partial charge is 0.492 e. The Morgan fingerprint density at radius 3 is 2.37 bits per heavy atom. The number of carbonyl (C=O) groups excluding carboxylic acids is 1. The van der Waals surface area contributed by atoms with Crippen LogP contribution in [0.15, 0.2) is 60.7 Å². The van der Waals surface area contributed by atoms with Gasteiger partial charge in [-0.3, -0.25) is 9.59 Å². The highest BCUT2D eigenvalue weighted by molar-refractivity contribution is 6.32. The molecule has 202 valence electrons. The van der Waals surface area contributed by atoms with Gasteiger partial charge < -0.3 is 24.5 Å². The lowest BCUT2D eigenvalue weighted by Crippen LogP contribution is -2.48. The lowest BCUT2D eigenvalue weighted by atomic mass is 10.0. The molecule has 0 aliphatic carbocycles. The number of carboxylic acid groups (broad SMARTS) is 1. The molecule has 0 radical (unpaired) electrons. The predicted molar refractivity (Wildman–Crippen MR) is 153 cm³/mol. The van der Waals surface area contributed by atoms with E-state index in [2.05, 4.69) is 28.0 Å². The molecule has 5 rings (SSSR count). The molecule has 0 atom stereocenters. The Labute approximate surface area is 229 Å². The van der Waals surface area contributed by atoms with Crippen LogP contribution in [-0.4, -0.2) is 79.7 Å². The van der Waals surface area contributed by atoms with Crippen LogP contribution in [0.4, 0.5) is 5.69 Å². The fourth-order valence-corrected chi connectivity index (χ4v) is 5.44. The highest BCUT2D eigenvalue weighted by Crippen LogP contribution is 2.30. The molecule has 8 heteroatoms. The third-order valence-corrected chi connectivity index (χ3v) is 7.49. The van der Waals surface area contributed by atoms with Crippen LogP contribution in [0.5, 0.6) is 5.75 Å². The Morgan fingerprint density at radius 1 is 0.921 bits per heavy atom. The van der Waals surface area contributed by atoms with E-state index in [-0.39, 0.29) is 12.4 Å². The molecule has 0 spiro atoms. The number of nitrogens with zero attached hydrogens (tertiary/aromatic N) is 3. The third kappa shape index (κ3) is 7.17. The maximum absolute atomic E-state index is 13.2. The van der Waals surface area contributed by atoms with Crippen molar-refractivity contribution in [2.75, 3.05) is 57.3 Å². The summed E-state index contributed by atoms with van der Waals surface area (Å²) in [4.78, 5) is 28.4. The number of rotatable bonds is 7. The second-order valence-electron chi connectivity index (χ2n) is 9.63. The standard InChI is InChI=1S/C29H34ClN3O2.CH2O2/c30-27-22-24(12-13-28(27)35-21-7-16-31-14-4-1-5-15-31)32-17-19-33(20-18-32)29(34)26-11-6-9-23-8-2-3-10-25(23)26;2-1-3/h2-3,6,8-13,22H,1,4-5,7,14-21H2;1H,(H,2,3). The van der Waals surface area contributed by atoms with Crippen molar-refractivity contribution in [3.63, 3.8) is 0 Å². The Bertz CT molecular complexity index is 1200. The van der Waals surface area contributed by atoms with Crippen LogP contribution in [0.3, 0.4) is 0 Å². The van der Waals surface area contributed by atoms with Gasteiger partial charge in [0.2, 0.25) is 0 Å². The average molecular weight is 538 g/mol. The van der Waals surface area contributed by atoms with E-state index in [9.17, 15) is 4.79 Å². The first-order valence-electron chi connectivity index (χ1n) is 13.4. The van der Waals surface area contributed by atoms with Crippen molar-refractivity contribution in [2.45, 2.75) is 25.7 Å². The molecule has 2 aliphatic rings. The van der Waals surface area contributed by atoms with E-state index in [1.165, 1.54) is 32.4 Å². The summed E-state index contributed by atoms with van der Waals surface area (Å²) in [5.74, 6) is 0.853. The topological polar surface area (TPSA) is 73.3 Å². The zero-order chi connectivity index (χ0) is 26.7. The fourth-order valence-electron chi connectivity index (χ4n) is 5.21. The Kier molecular flexibility index (Phi) is 10.2. The van der Waals surface area contributed by atoms with Gasteiger partial charge in [0.15, 0.2) is 0 Å². The van der Waals surface area contributed by atoms with E-state index in [4.69, 9.17) is 26.2 Å². The summed E-state index contributed by atoms with van der Waals surface area (Å²) < 4.78 is 5.97. The lowest BCUT2D eigenvalue weighted by molar-refractivity contribution is -0.122. The number of benzene rings is 3. The number of piperidine rings is 1. The van der Waals surface area contributed by atoms with E-state index in [0.29, 0.717) is 24.7 Å². The van der Waals surface area contributed by atoms with Crippen molar-refractivity contribution < 1.29 is 19.4 Å². The number of likely N-dealkylation sites (tertiary alicyclic amines) is 1. The molecule has 0 saturated carbocycles. The number of fused-ring (bicyclic) bond motifs is 1. The molecular weight excluding hydrogens is 502 g/mol. The molecule has 2 fully saturated rings. The van der Waals surface area contributed by atoms with Crippen LogP contribution in [-0.2, 0) is 4.79 Å². The van der Waals surface area contributed by atoms with Gasteiger partial charge in [-0.05, 0) is 67.4 Å². The molecule has 0 aromatic heterocycles. The monoisotopic (exact) mass is 537 g/mol. The van der Waals surface area contributed by atoms with Gasteiger partial charge in [0.05, 0.1) is 11.6 Å². The van der Waals surface area contributed by atoms with Gasteiger partial charge >= 0.3 is 0 Å². The first kappa shape index (κ1) is 27.7. The third-order valence-electron chi connectivity index (χ3n) is 7.19. The Balaban J connectivity index is 0.00000107. The SMILES string of the molecule is O=C(c1cccc2ccccc12)N1CCN(c2ccc(OCCCN3CCCCC3)c(Cl)c2)CC1.O=CO. The molecule has 2 heterocycles. The number of halogens is 1. The molecule has 0 bridgehead atoms. The van der Waals surface area contributed by atoms with Gasteiger partial charge in [0, 0.05) is 44.0 Å². The number of hydrogen-bond donors (Lipinski definition) is 1. The normalized spacial score (nSPS) is 16.0. The summed E-state index contributed by atoms with van der Waals surface area (Å²) in [7, 11) is 0. The van der Waals surface area contributed by atoms with Crippen LogP contribution in [0.25, 0.3) is 10.8 Å². The van der Waals surface area contributed by atoms with Crippen LogP contribution in [0.1, 0.15) is 36.0 Å². The molecule has 0 unspecified atom stereocenters. The number of hydrogen-bond acceptors (Lipinski definition) is 5. The molecular formula is C30H36ClN3O4. The van der Waals surface area contributed by atoms with Crippen molar-refractivity contribution in [1.29, 1.82) is 0 Å². The molecule has 3 aromatic carbocycles. The summed E-state index contributed by atoms with van der Waals surface area (Å²) in [5, 5.41) is 9.65. The summed E-state index contributed by atoms with van der Waals surface area (Å²) in [5.41, 5.74) is 1.86. The molecule has 3 aromatic rings. The minimum absolute atomic E-state index is 0.104. The van der Waals surface area contributed by atoms with Crippen LogP contribution < -0.4 is 9.64 Å². The first-order valence-corrected chi connectivity index (χ1v) is 13.7. The summed E-state index contributed by atoms with van der Waals surface area (Å²) >= 11 is 6.56. The van der Waals surface area contributed by atoms with Crippen LogP contribution in [0, 0.1) is 0 Å². The quantitative estimate of drug-likeness (QED) is 0.321. The fraction of sp³-hybridized carbons (Fsp3) is 0.400. The maximum atomic E-state index is 13.2. The molecule has 38 heavy (non-hydrogen) atoms. The molecule has 1 amide bonds. The predicted octanol–water partition coefficient (Wildman–Crippen LogP) is 5.41. The highest BCUT2D eigenvalue weighted by atomic mass is 35.5. The van der Waals surface area contributed by atoms with Crippen molar-refractivity contribution in [1.82, 2.24) is 9.80 Å². The van der Waals surface area contributed by atoms with Crippen molar-refractivity contribution in [3.8, 4) is 5.75 Å². The van der Waals surface area contributed by atoms with E-state index < -0.39 is 0 Å².